The van der Waals surface area contributed by atoms with Gasteiger partial charge in [-0.3, -0.25) is 14.4 Å². The zero-order valence-corrected chi connectivity index (χ0v) is 46.5. The molecule has 1 rings (SSSR count). The Kier molecular flexibility index (Phi) is 45.8. The molecule has 12 nitrogen and oxygen atoms in total. The summed E-state index contributed by atoms with van der Waals surface area (Å²) in [6, 6.07) is 0. The zero-order valence-electron chi connectivity index (χ0n) is 46.5. The molecule has 1 fully saturated rings. The van der Waals surface area contributed by atoms with E-state index in [0.29, 0.717) is 19.3 Å². The number of ether oxygens (including phenoxy) is 5. The standard InChI is InChI=1S/C63H100O12/c1-4-7-10-13-16-19-22-24-26-27-28-29-31-32-35-37-40-43-46-49-55(64)71-52-54(73-56(65)50-47-44-41-39-36-33-30-25-23-20-17-14-11-8-5-2)53-72-63-61(59(68)58(67)60(75-63)62(69)70)74-57(66)51-48-45-42-38-34-21-18-15-12-9-6-3/h7-8,10-11,16-17,19-20,24-26,28-30,36,39,44,47,54,58-61,63,67-68H,4-6,9,12-15,18,21-23,27,31-35,37-38,40-43,45-46,48-53H2,1-3H3,(H,69,70)/b10-7-,11-8-,19-16-,20-17-,26-24-,29-28-,30-25-,39-36-,47-44-. The number of esters is 3. The van der Waals surface area contributed by atoms with Crippen molar-refractivity contribution < 1.29 is 58.2 Å². The second-order valence-corrected chi connectivity index (χ2v) is 19.2. The average Bonchev–Trinajstić information content (AvgIpc) is 3.39. The van der Waals surface area contributed by atoms with Crippen molar-refractivity contribution in [3.05, 3.63) is 109 Å². The first kappa shape index (κ1) is 68.4. The maximum absolute atomic E-state index is 13.1. The highest BCUT2D eigenvalue weighted by Gasteiger charge is 2.50. The Morgan fingerprint density at radius 3 is 1.35 bits per heavy atom. The number of allylic oxidation sites excluding steroid dienone is 17. The highest BCUT2D eigenvalue weighted by Crippen LogP contribution is 2.26. The van der Waals surface area contributed by atoms with E-state index in [1.54, 1.807) is 6.08 Å². The van der Waals surface area contributed by atoms with Crippen LogP contribution in [0.25, 0.3) is 0 Å². The van der Waals surface area contributed by atoms with Crippen molar-refractivity contribution in [1.82, 2.24) is 0 Å². The number of carbonyl (C=O) groups excluding carboxylic acids is 3. The number of unbranched alkanes of at least 4 members (excludes halogenated alkanes) is 16. The van der Waals surface area contributed by atoms with Gasteiger partial charge in [-0.2, -0.15) is 0 Å². The fraction of sp³-hybridized carbons (Fsp3) is 0.651. The number of aliphatic carboxylic acids is 1. The molecular formula is C63H100O12. The minimum Gasteiger partial charge on any atom is -0.479 e. The SMILES string of the molecule is CC/C=C\C/C=C\C/C=C\C/C=C\C/C=C\CC(=O)OC(COC(=O)CCCCCCCC/C=C\C/C=C\C/C=C\C/C=C\CC)COC1OC(C(=O)O)C(O)C(O)C1OC(=O)CCCCCCCCCCCCC. The van der Waals surface area contributed by atoms with Crippen molar-refractivity contribution in [1.29, 1.82) is 0 Å². The van der Waals surface area contributed by atoms with Gasteiger partial charge in [0.05, 0.1) is 13.0 Å². The number of aliphatic hydroxyl groups is 2. The molecule has 0 aliphatic carbocycles. The van der Waals surface area contributed by atoms with Crippen molar-refractivity contribution in [2.75, 3.05) is 13.2 Å². The number of carbonyl (C=O) groups is 4. The van der Waals surface area contributed by atoms with Crippen LogP contribution in [0.1, 0.15) is 213 Å². The maximum atomic E-state index is 13.1. The summed E-state index contributed by atoms with van der Waals surface area (Å²) in [5.74, 6) is -3.32. The summed E-state index contributed by atoms with van der Waals surface area (Å²) in [5, 5.41) is 31.4. The lowest BCUT2D eigenvalue weighted by atomic mass is 9.98. The van der Waals surface area contributed by atoms with E-state index < -0.39 is 67.3 Å². The Bertz CT molecular complexity index is 1720. The summed E-state index contributed by atoms with van der Waals surface area (Å²) in [4.78, 5) is 51.0. The minimum absolute atomic E-state index is 0.0457. The van der Waals surface area contributed by atoms with Crippen LogP contribution in [-0.4, -0.2) is 89.2 Å². The van der Waals surface area contributed by atoms with Crippen LogP contribution in [0, 0.1) is 0 Å². The van der Waals surface area contributed by atoms with Gasteiger partial charge in [-0.15, -0.1) is 0 Å². The van der Waals surface area contributed by atoms with E-state index in [-0.39, 0.29) is 25.9 Å². The van der Waals surface area contributed by atoms with Gasteiger partial charge in [-0.25, -0.2) is 4.79 Å². The van der Waals surface area contributed by atoms with Crippen molar-refractivity contribution >= 4 is 23.9 Å². The number of carboxylic acid groups (broad SMARTS) is 1. The molecule has 12 heteroatoms. The quantitative estimate of drug-likeness (QED) is 0.0228. The fourth-order valence-corrected chi connectivity index (χ4v) is 8.02. The molecule has 1 saturated heterocycles. The van der Waals surface area contributed by atoms with Gasteiger partial charge in [-0.05, 0) is 83.5 Å². The molecule has 1 aliphatic rings. The van der Waals surface area contributed by atoms with Crippen molar-refractivity contribution in [3.8, 4) is 0 Å². The first-order valence-corrected chi connectivity index (χ1v) is 28.9. The third kappa shape index (κ3) is 40.3. The molecule has 0 amide bonds. The molecule has 0 saturated carbocycles. The topological polar surface area (TPSA) is 175 Å². The van der Waals surface area contributed by atoms with Crippen molar-refractivity contribution in [3.63, 3.8) is 0 Å². The number of carboxylic acids is 1. The van der Waals surface area contributed by atoms with Gasteiger partial charge in [0.25, 0.3) is 0 Å². The molecule has 6 unspecified atom stereocenters. The summed E-state index contributed by atoms with van der Waals surface area (Å²) in [6.45, 7) is 5.64. The molecule has 0 bridgehead atoms. The lowest BCUT2D eigenvalue weighted by molar-refractivity contribution is -0.301. The van der Waals surface area contributed by atoms with Gasteiger partial charge in [0.2, 0.25) is 0 Å². The Labute approximate surface area is 453 Å². The second kappa shape index (κ2) is 50.2. The Morgan fingerprint density at radius 1 is 0.467 bits per heavy atom. The van der Waals surface area contributed by atoms with Gasteiger partial charge in [0, 0.05) is 12.8 Å². The molecule has 75 heavy (non-hydrogen) atoms. The van der Waals surface area contributed by atoms with Crippen LogP contribution in [0.2, 0.25) is 0 Å². The van der Waals surface area contributed by atoms with Crippen molar-refractivity contribution in [2.24, 2.45) is 0 Å². The van der Waals surface area contributed by atoms with E-state index in [1.165, 1.54) is 38.5 Å². The largest absolute Gasteiger partial charge is 0.479 e. The predicted molar refractivity (Wildman–Crippen MR) is 303 cm³/mol. The first-order valence-electron chi connectivity index (χ1n) is 28.9. The van der Waals surface area contributed by atoms with Gasteiger partial charge < -0.3 is 39.0 Å². The molecule has 0 aromatic heterocycles. The fourth-order valence-electron chi connectivity index (χ4n) is 8.02. The van der Waals surface area contributed by atoms with E-state index in [2.05, 4.69) is 106 Å². The third-order valence-electron chi connectivity index (χ3n) is 12.4. The molecule has 6 atom stereocenters. The molecule has 0 aromatic rings. The van der Waals surface area contributed by atoms with Crippen LogP contribution in [-0.2, 0) is 42.9 Å². The molecular weight excluding hydrogens is 949 g/mol. The number of hydrogen-bond acceptors (Lipinski definition) is 11. The van der Waals surface area contributed by atoms with Crippen LogP contribution in [0.5, 0.6) is 0 Å². The molecule has 1 aliphatic heterocycles. The molecule has 1 heterocycles. The average molecular weight is 1050 g/mol. The normalized spacial score (nSPS) is 19.0. The van der Waals surface area contributed by atoms with Gasteiger partial charge in [-0.1, -0.05) is 220 Å². The Hall–Kier alpha value is -4.62. The summed E-state index contributed by atoms with van der Waals surface area (Å²) < 4.78 is 28.2. The number of hydrogen-bond donors (Lipinski definition) is 3. The van der Waals surface area contributed by atoms with E-state index in [9.17, 15) is 34.5 Å². The van der Waals surface area contributed by atoms with Gasteiger partial charge in [0.1, 0.15) is 18.8 Å². The third-order valence-corrected chi connectivity index (χ3v) is 12.4. The van der Waals surface area contributed by atoms with E-state index in [0.717, 1.165) is 116 Å². The summed E-state index contributed by atoms with van der Waals surface area (Å²) >= 11 is 0. The van der Waals surface area contributed by atoms with E-state index in [1.807, 2.05) is 18.2 Å². The lowest BCUT2D eigenvalue weighted by Gasteiger charge is -2.40. The van der Waals surface area contributed by atoms with Gasteiger partial charge in [0.15, 0.2) is 24.6 Å². The summed E-state index contributed by atoms with van der Waals surface area (Å²) in [7, 11) is 0. The maximum Gasteiger partial charge on any atom is 0.335 e. The van der Waals surface area contributed by atoms with Gasteiger partial charge >= 0.3 is 23.9 Å². The molecule has 424 valence electrons. The van der Waals surface area contributed by atoms with Crippen molar-refractivity contribution in [2.45, 2.75) is 250 Å². The van der Waals surface area contributed by atoms with Crippen LogP contribution in [0.15, 0.2) is 109 Å². The number of rotatable bonds is 47. The molecule has 0 radical (unpaired) electrons. The number of aliphatic hydroxyl groups excluding tert-OH is 2. The predicted octanol–water partition coefficient (Wildman–Crippen LogP) is 14.7. The Balaban J connectivity index is 2.75. The zero-order chi connectivity index (χ0) is 54.7. The summed E-state index contributed by atoms with van der Waals surface area (Å²) in [5.41, 5.74) is 0. The highest BCUT2D eigenvalue weighted by molar-refractivity contribution is 5.74. The second-order valence-electron chi connectivity index (χ2n) is 19.2. The smallest absolute Gasteiger partial charge is 0.335 e. The lowest BCUT2D eigenvalue weighted by Crippen LogP contribution is -2.61. The molecule has 3 N–H and O–H groups in total. The van der Waals surface area contributed by atoms with Crippen LogP contribution in [0.4, 0.5) is 0 Å². The molecule has 0 spiro atoms. The Morgan fingerprint density at radius 2 is 0.880 bits per heavy atom. The minimum atomic E-state index is -1.92. The van der Waals surface area contributed by atoms with E-state index in [4.69, 9.17) is 23.7 Å². The van der Waals surface area contributed by atoms with Crippen LogP contribution < -0.4 is 0 Å². The first-order chi connectivity index (χ1) is 36.6. The molecule has 0 aromatic carbocycles. The van der Waals surface area contributed by atoms with Crippen LogP contribution in [0.3, 0.4) is 0 Å². The highest BCUT2D eigenvalue weighted by atomic mass is 16.7. The van der Waals surface area contributed by atoms with Crippen LogP contribution >= 0.6 is 0 Å². The van der Waals surface area contributed by atoms with E-state index >= 15 is 0 Å². The monoisotopic (exact) mass is 1050 g/mol. The summed E-state index contributed by atoms with van der Waals surface area (Å²) in [6.07, 6.45) is 55.2.